The predicted octanol–water partition coefficient (Wildman–Crippen LogP) is 22.2. The Kier molecular flexibility index (Phi) is 62.0. The molecule has 0 amide bonds. The molecule has 0 aliphatic rings. The molecule has 0 aromatic heterocycles. The van der Waals surface area contributed by atoms with Gasteiger partial charge in [-0.15, -0.1) is 0 Å². The maximum atomic E-state index is 12.8. The summed E-state index contributed by atoms with van der Waals surface area (Å²) < 4.78 is 16.8. The largest absolute Gasteiger partial charge is 0.462 e. The molecule has 6 nitrogen and oxygen atoms in total. The first-order chi connectivity index (χ1) is 40.0. The van der Waals surface area contributed by atoms with Crippen LogP contribution in [0.25, 0.3) is 0 Å². The molecule has 450 valence electrons. The van der Waals surface area contributed by atoms with Crippen LogP contribution in [0, 0.1) is 0 Å². The van der Waals surface area contributed by atoms with E-state index in [-0.39, 0.29) is 31.6 Å². The van der Waals surface area contributed by atoms with Crippen molar-refractivity contribution in [2.45, 2.75) is 245 Å². The highest BCUT2D eigenvalue weighted by molar-refractivity contribution is 5.72. The number of unbranched alkanes of at least 4 members (excludes halogenated alkanes) is 13. The normalized spacial score (nSPS) is 13.5. The van der Waals surface area contributed by atoms with Crippen LogP contribution in [-0.4, -0.2) is 37.2 Å². The van der Waals surface area contributed by atoms with E-state index in [0.717, 1.165) is 161 Å². The molecule has 81 heavy (non-hydrogen) atoms. The van der Waals surface area contributed by atoms with Gasteiger partial charge >= 0.3 is 17.9 Å². The molecule has 0 spiro atoms. The van der Waals surface area contributed by atoms with Crippen molar-refractivity contribution in [1.82, 2.24) is 0 Å². The van der Waals surface area contributed by atoms with Gasteiger partial charge in [-0.3, -0.25) is 14.4 Å². The zero-order chi connectivity index (χ0) is 58.5. The van der Waals surface area contributed by atoms with Crippen LogP contribution in [0.15, 0.2) is 194 Å². The Morgan fingerprint density at radius 1 is 0.259 bits per heavy atom. The summed E-state index contributed by atoms with van der Waals surface area (Å²) in [5, 5.41) is 0. The second kappa shape index (κ2) is 66.8. The smallest absolute Gasteiger partial charge is 0.310 e. The molecule has 0 radical (unpaired) electrons. The fraction of sp³-hybridized carbons (Fsp3) is 0.533. The summed E-state index contributed by atoms with van der Waals surface area (Å²) in [5.74, 6) is -1.10. The molecule has 0 rings (SSSR count). The van der Waals surface area contributed by atoms with Crippen molar-refractivity contribution in [3.8, 4) is 0 Å². The molecule has 0 aromatic carbocycles. The molecule has 6 heteroatoms. The number of allylic oxidation sites excluding steroid dienone is 31. The number of rotatable bonds is 55. The number of carbonyl (C=O) groups excluding carboxylic acids is 3. The van der Waals surface area contributed by atoms with Gasteiger partial charge in [-0.05, 0) is 141 Å². The lowest BCUT2D eigenvalue weighted by atomic mass is 10.1. The summed E-state index contributed by atoms with van der Waals surface area (Å²) in [6.45, 7) is 6.17. The summed E-state index contributed by atoms with van der Waals surface area (Å²) in [7, 11) is 0. The maximum Gasteiger partial charge on any atom is 0.310 e. The van der Waals surface area contributed by atoms with Crippen LogP contribution in [0.2, 0.25) is 0 Å². The highest BCUT2D eigenvalue weighted by Gasteiger charge is 2.19. The van der Waals surface area contributed by atoms with Crippen LogP contribution in [-0.2, 0) is 28.6 Å². The summed E-state index contributed by atoms with van der Waals surface area (Å²) in [6.07, 6.45) is 102. The van der Waals surface area contributed by atoms with Crippen LogP contribution in [0.1, 0.15) is 239 Å². The van der Waals surface area contributed by atoms with Crippen LogP contribution in [0.3, 0.4) is 0 Å². The zero-order valence-corrected chi connectivity index (χ0v) is 51.5. The van der Waals surface area contributed by atoms with Crippen molar-refractivity contribution in [2.75, 3.05) is 13.2 Å². The van der Waals surface area contributed by atoms with E-state index in [1.54, 1.807) is 6.08 Å². The van der Waals surface area contributed by atoms with Gasteiger partial charge in [-0.2, -0.15) is 0 Å². The topological polar surface area (TPSA) is 78.9 Å². The molecule has 1 unspecified atom stereocenters. The average Bonchev–Trinajstić information content (AvgIpc) is 3.47. The van der Waals surface area contributed by atoms with E-state index in [1.165, 1.54) is 32.1 Å². The Bertz CT molecular complexity index is 1950. The summed E-state index contributed by atoms with van der Waals surface area (Å²) in [5.41, 5.74) is 0. The van der Waals surface area contributed by atoms with Crippen LogP contribution < -0.4 is 0 Å². The van der Waals surface area contributed by atoms with Crippen LogP contribution >= 0.6 is 0 Å². The van der Waals surface area contributed by atoms with Crippen molar-refractivity contribution < 1.29 is 28.6 Å². The molecule has 1 atom stereocenters. The van der Waals surface area contributed by atoms with Gasteiger partial charge in [0.15, 0.2) is 6.10 Å². The van der Waals surface area contributed by atoms with Gasteiger partial charge in [-0.1, -0.05) is 273 Å². The Morgan fingerprint density at radius 2 is 0.481 bits per heavy atom. The molecule has 0 heterocycles. The van der Waals surface area contributed by atoms with E-state index < -0.39 is 12.1 Å². The van der Waals surface area contributed by atoms with Gasteiger partial charge in [-0.25, -0.2) is 0 Å². The van der Waals surface area contributed by atoms with Crippen molar-refractivity contribution in [3.63, 3.8) is 0 Å². The lowest BCUT2D eigenvalue weighted by molar-refractivity contribution is -0.166. The minimum absolute atomic E-state index is 0.0812. The Balaban J connectivity index is 4.40. The molecular formula is C75H114O6. The minimum atomic E-state index is -0.855. The van der Waals surface area contributed by atoms with Gasteiger partial charge in [0.1, 0.15) is 13.2 Å². The molecule has 0 aliphatic carbocycles. The lowest BCUT2D eigenvalue weighted by Crippen LogP contribution is -2.30. The van der Waals surface area contributed by atoms with E-state index in [9.17, 15) is 14.4 Å². The molecule has 0 saturated carbocycles. The third-order valence-electron chi connectivity index (χ3n) is 12.6. The van der Waals surface area contributed by atoms with Crippen LogP contribution in [0.5, 0.6) is 0 Å². The fourth-order valence-corrected chi connectivity index (χ4v) is 7.96. The molecular weight excluding hydrogens is 997 g/mol. The van der Waals surface area contributed by atoms with E-state index in [1.807, 2.05) is 6.08 Å². The third-order valence-corrected chi connectivity index (χ3v) is 12.6. The monoisotopic (exact) mass is 1110 g/mol. The number of hydrogen-bond donors (Lipinski definition) is 0. The maximum absolute atomic E-state index is 12.8. The van der Waals surface area contributed by atoms with Crippen LogP contribution in [0.4, 0.5) is 0 Å². The molecule has 0 fully saturated rings. The number of esters is 3. The lowest BCUT2D eigenvalue weighted by Gasteiger charge is -2.18. The second-order valence-corrected chi connectivity index (χ2v) is 20.2. The quantitative estimate of drug-likeness (QED) is 0.0261. The Hall–Kier alpha value is -5.75. The van der Waals surface area contributed by atoms with E-state index >= 15 is 0 Å². The summed E-state index contributed by atoms with van der Waals surface area (Å²) in [4.78, 5) is 38.2. The Labute approximate surface area is 497 Å². The fourth-order valence-electron chi connectivity index (χ4n) is 7.96. The zero-order valence-electron chi connectivity index (χ0n) is 51.5. The van der Waals surface area contributed by atoms with E-state index in [0.29, 0.717) is 19.3 Å². The van der Waals surface area contributed by atoms with Crippen molar-refractivity contribution in [3.05, 3.63) is 194 Å². The summed E-state index contributed by atoms with van der Waals surface area (Å²) in [6, 6.07) is 0. The van der Waals surface area contributed by atoms with Gasteiger partial charge in [0, 0.05) is 12.8 Å². The highest BCUT2D eigenvalue weighted by Crippen LogP contribution is 2.13. The number of carbonyl (C=O) groups is 3. The SMILES string of the molecule is CC/C=C\C/C=C\C/C=C\C/C=C\C/C=C\C/C=C\C/C=C\C/C=C\CCCCCCCCCCC(=O)OCC(COC(=O)CCCCCCC/C=C\C/C=C\C/C=C\CC)OC(=O)C/C=C\C/C=C\C/C=C\C/C=C\C/C=C\CC. The Morgan fingerprint density at radius 3 is 0.753 bits per heavy atom. The van der Waals surface area contributed by atoms with Gasteiger partial charge in [0.2, 0.25) is 0 Å². The first-order valence-electron chi connectivity index (χ1n) is 31.9. The number of hydrogen-bond acceptors (Lipinski definition) is 6. The summed E-state index contributed by atoms with van der Waals surface area (Å²) >= 11 is 0. The molecule has 0 N–H and O–H groups in total. The molecule has 0 saturated heterocycles. The number of ether oxygens (including phenoxy) is 3. The first kappa shape index (κ1) is 75.2. The molecule has 0 aliphatic heterocycles. The minimum Gasteiger partial charge on any atom is -0.462 e. The van der Waals surface area contributed by atoms with Gasteiger partial charge in [0.05, 0.1) is 6.42 Å². The van der Waals surface area contributed by atoms with E-state index in [4.69, 9.17) is 14.2 Å². The van der Waals surface area contributed by atoms with Gasteiger partial charge in [0.25, 0.3) is 0 Å². The molecule has 0 aromatic rings. The average molecular weight is 1110 g/mol. The van der Waals surface area contributed by atoms with E-state index in [2.05, 4.69) is 203 Å². The predicted molar refractivity (Wildman–Crippen MR) is 352 cm³/mol. The molecule has 0 bridgehead atoms. The van der Waals surface area contributed by atoms with Crippen molar-refractivity contribution >= 4 is 17.9 Å². The van der Waals surface area contributed by atoms with Crippen molar-refractivity contribution in [1.29, 1.82) is 0 Å². The standard InChI is InChI=1S/C75H114O6/c1-4-7-10-13-16-19-22-25-28-29-30-31-32-33-34-35-36-37-38-39-40-41-42-43-44-45-48-50-53-56-59-62-65-68-74(77)80-71-72(81-75(78)69-66-63-60-57-54-51-47-27-24-21-18-15-12-9-6-3)70-79-73(76)67-64-61-58-55-52-49-46-26-23-20-17-14-11-8-5-2/h7-12,16-21,25-28,30-31,33-34,36-37,39-40,42-43,46-47,54,57,63,66,72H,4-6,13-15,22-24,29,32,35,38,41,44-45,48-53,55-56,58-62,64-65,67-71H2,1-3H3/b10-7-,11-8-,12-9-,19-16-,20-17-,21-18-,28-25-,31-30-,34-33-,37-36-,40-39-,43-42-,46-26-,47-27-,57-54-,66-63-. The first-order valence-corrected chi connectivity index (χ1v) is 31.9. The highest BCUT2D eigenvalue weighted by atomic mass is 16.6. The van der Waals surface area contributed by atoms with Gasteiger partial charge < -0.3 is 14.2 Å². The third kappa shape index (κ3) is 64.9. The second-order valence-electron chi connectivity index (χ2n) is 20.2. The van der Waals surface area contributed by atoms with Crippen molar-refractivity contribution in [2.24, 2.45) is 0 Å².